The van der Waals surface area contributed by atoms with Crippen LogP contribution >= 0.6 is 11.6 Å². The van der Waals surface area contributed by atoms with Crippen LogP contribution in [0, 0.1) is 6.92 Å². The van der Waals surface area contributed by atoms with Crippen molar-refractivity contribution >= 4 is 34.6 Å². The highest BCUT2D eigenvalue weighted by Crippen LogP contribution is 2.46. The van der Waals surface area contributed by atoms with Crippen LogP contribution in [0.4, 0.5) is 9.59 Å². The van der Waals surface area contributed by atoms with Crippen molar-refractivity contribution in [1.29, 1.82) is 0 Å². The molecule has 0 radical (unpaired) electrons. The molecule has 2 amide bonds. The molecule has 128 valence electrons. The van der Waals surface area contributed by atoms with E-state index in [2.05, 4.69) is 10.6 Å². The summed E-state index contributed by atoms with van der Waals surface area (Å²) in [5, 5.41) is 6.24. The van der Waals surface area contributed by atoms with Crippen molar-refractivity contribution in [1.82, 2.24) is 10.6 Å². The molecule has 2 rings (SSSR count). The topological polar surface area (TPSA) is 85.9 Å². The fourth-order valence-electron chi connectivity index (χ4n) is 2.27. The van der Waals surface area contributed by atoms with E-state index in [1.165, 1.54) is 21.2 Å². The van der Waals surface area contributed by atoms with Gasteiger partial charge in [0.2, 0.25) is 0 Å². The SMILES string of the molecule is CNC(=O)Oc1c(C)c(OC)c(OC(=O)NC)c2ccc(Cl)cc12. The molecule has 0 aromatic heterocycles. The maximum absolute atomic E-state index is 11.7. The number of fused-ring (bicyclic) bond motifs is 1. The molecule has 0 atom stereocenters. The lowest BCUT2D eigenvalue weighted by Gasteiger charge is -2.18. The lowest BCUT2D eigenvalue weighted by molar-refractivity contribution is 0.199. The normalized spacial score (nSPS) is 10.2. The molecule has 2 aromatic carbocycles. The van der Waals surface area contributed by atoms with Gasteiger partial charge in [0.1, 0.15) is 5.75 Å². The molecule has 0 fully saturated rings. The number of hydrogen-bond donors (Lipinski definition) is 2. The third kappa shape index (κ3) is 3.30. The standard InChI is InChI=1S/C16H17ClN2O5/c1-8-12(23-15(20)18-2)11-7-9(17)5-6-10(11)14(13(8)22-4)24-16(21)19-3/h5-7H,1-4H3,(H,18,20)(H,19,21). The zero-order chi connectivity index (χ0) is 17.9. The second-order valence-corrected chi connectivity index (χ2v) is 5.22. The summed E-state index contributed by atoms with van der Waals surface area (Å²) in [6.07, 6.45) is -1.29. The molecule has 0 spiro atoms. The van der Waals surface area contributed by atoms with E-state index in [9.17, 15) is 9.59 Å². The molecule has 0 aliphatic rings. The number of carbonyl (C=O) groups is 2. The van der Waals surface area contributed by atoms with Crippen LogP contribution in [0.2, 0.25) is 5.02 Å². The van der Waals surface area contributed by atoms with Crippen molar-refractivity contribution in [2.45, 2.75) is 6.92 Å². The van der Waals surface area contributed by atoms with Crippen LogP contribution in [-0.2, 0) is 0 Å². The number of halogens is 1. The second-order valence-electron chi connectivity index (χ2n) is 4.79. The van der Waals surface area contributed by atoms with Gasteiger partial charge in [-0.15, -0.1) is 0 Å². The number of hydrogen-bond acceptors (Lipinski definition) is 5. The van der Waals surface area contributed by atoms with Crippen molar-refractivity contribution < 1.29 is 23.8 Å². The molecular formula is C16H17ClN2O5. The Morgan fingerprint density at radius 1 is 0.958 bits per heavy atom. The number of nitrogens with one attached hydrogen (secondary N) is 2. The molecule has 0 saturated carbocycles. The Labute approximate surface area is 143 Å². The smallest absolute Gasteiger partial charge is 0.412 e. The third-order valence-corrected chi connectivity index (χ3v) is 3.60. The fourth-order valence-corrected chi connectivity index (χ4v) is 2.44. The maximum Gasteiger partial charge on any atom is 0.412 e. The monoisotopic (exact) mass is 352 g/mol. The van der Waals surface area contributed by atoms with Crippen molar-refractivity contribution in [3.63, 3.8) is 0 Å². The van der Waals surface area contributed by atoms with E-state index in [-0.39, 0.29) is 17.2 Å². The van der Waals surface area contributed by atoms with Gasteiger partial charge in [-0.2, -0.15) is 0 Å². The summed E-state index contributed by atoms with van der Waals surface area (Å²) in [5.74, 6) is 0.769. The predicted molar refractivity (Wildman–Crippen MR) is 90.4 cm³/mol. The fraction of sp³-hybridized carbons (Fsp3) is 0.250. The minimum atomic E-state index is -0.649. The van der Waals surface area contributed by atoms with Gasteiger partial charge in [-0.1, -0.05) is 11.6 Å². The van der Waals surface area contributed by atoms with Crippen molar-refractivity contribution in [3.05, 3.63) is 28.8 Å². The highest BCUT2D eigenvalue weighted by Gasteiger charge is 2.23. The summed E-state index contributed by atoms with van der Waals surface area (Å²) in [6, 6.07) is 4.92. The number of benzene rings is 2. The first-order valence-electron chi connectivity index (χ1n) is 7.01. The molecule has 0 aliphatic carbocycles. The Morgan fingerprint density at radius 3 is 2.08 bits per heavy atom. The van der Waals surface area contributed by atoms with Crippen LogP contribution in [0.1, 0.15) is 5.56 Å². The van der Waals surface area contributed by atoms with Crippen LogP contribution in [0.5, 0.6) is 17.2 Å². The first-order valence-corrected chi connectivity index (χ1v) is 7.39. The van der Waals surface area contributed by atoms with E-state index in [0.717, 1.165) is 0 Å². The average molecular weight is 353 g/mol. The highest BCUT2D eigenvalue weighted by atomic mass is 35.5. The number of amides is 2. The minimum absolute atomic E-state index is 0.213. The van der Waals surface area contributed by atoms with Crippen molar-refractivity contribution in [2.24, 2.45) is 0 Å². The van der Waals surface area contributed by atoms with Gasteiger partial charge in [0.15, 0.2) is 11.5 Å². The van der Waals surface area contributed by atoms with Crippen LogP contribution in [0.3, 0.4) is 0 Å². The van der Waals surface area contributed by atoms with E-state index in [1.807, 2.05) is 0 Å². The number of methoxy groups -OCH3 is 1. The second kappa shape index (κ2) is 7.27. The van der Waals surface area contributed by atoms with Gasteiger partial charge in [-0.3, -0.25) is 0 Å². The van der Waals surface area contributed by atoms with Gasteiger partial charge in [0, 0.05) is 35.5 Å². The zero-order valence-electron chi connectivity index (χ0n) is 13.7. The maximum atomic E-state index is 11.7. The van der Waals surface area contributed by atoms with Gasteiger partial charge in [0.05, 0.1) is 7.11 Å². The zero-order valence-corrected chi connectivity index (χ0v) is 14.4. The van der Waals surface area contributed by atoms with E-state index in [4.69, 9.17) is 25.8 Å². The van der Waals surface area contributed by atoms with E-state index in [0.29, 0.717) is 21.4 Å². The highest BCUT2D eigenvalue weighted by molar-refractivity contribution is 6.31. The molecule has 0 heterocycles. The largest absolute Gasteiger partial charge is 0.492 e. The Morgan fingerprint density at radius 2 is 1.54 bits per heavy atom. The van der Waals surface area contributed by atoms with Crippen LogP contribution in [-0.4, -0.2) is 33.4 Å². The molecule has 0 unspecified atom stereocenters. The third-order valence-electron chi connectivity index (χ3n) is 3.36. The molecular weight excluding hydrogens is 336 g/mol. The lowest BCUT2D eigenvalue weighted by atomic mass is 10.0. The van der Waals surface area contributed by atoms with Crippen molar-refractivity contribution in [3.8, 4) is 17.2 Å². The molecule has 2 N–H and O–H groups in total. The minimum Gasteiger partial charge on any atom is -0.492 e. The van der Waals surface area contributed by atoms with Crippen LogP contribution in [0.25, 0.3) is 10.8 Å². The Bertz CT molecular complexity index is 807. The average Bonchev–Trinajstić information content (AvgIpc) is 2.58. The molecule has 0 aliphatic heterocycles. The van der Waals surface area contributed by atoms with Crippen molar-refractivity contribution in [2.75, 3.05) is 21.2 Å². The van der Waals surface area contributed by atoms with Gasteiger partial charge < -0.3 is 24.8 Å². The summed E-state index contributed by atoms with van der Waals surface area (Å²) in [4.78, 5) is 23.3. The van der Waals surface area contributed by atoms with E-state index >= 15 is 0 Å². The number of ether oxygens (including phenoxy) is 3. The van der Waals surface area contributed by atoms with E-state index in [1.54, 1.807) is 25.1 Å². The molecule has 0 bridgehead atoms. The van der Waals surface area contributed by atoms with Gasteiger partial charge >= 0.3 is 12.2 Å². The van der Waals surface area contributed by atoms with Crippen LogP contribution in [0.15, 0.2) is 18.2 Å². The molecule has 24 heavy (non-hydrogen) atoms. The molecule has 2 aromatic rings. The van der Waals surface area contributed by atoms with E-state index < -0.39 is 12.2 Å². The predicted octanol–water partition coefficient (Wildman–Crippen LogP) is 3.25. The Balaban J connectivity index is 2.80. The summed E-state index contributed by atoms with van der Waals surface area (Å²) in [5.41, 5.74) is 0.495. The van der Waals surface area contributed by atoms with Gasteiger partial charge in [-0.05, 0) is 25.1 Å². The Kier molecular flexibility index (Phi) is 5.35. The summed E-state index contributed by atoms with van der Waals surface area (Å²) < 4.78 is 16.0. The van der Waals surface area contributed by atoms with Gasteiger partial charge in [-0.25, -0.2) is 9.59 Å². The number of rotatable bonds is 3. The van der Waals surface area contributed by atoms with Crippen LogP contribution < -0.4 is 24.8 Å². The summed E-state index contributed by atoms with van der Waals surface area (Å²) in [7, 11) is 4.33. The van der Waals surface area contributed by atoms with Gasteiger partial charge in [0.25, 0.3) is 0 Å². The molecule has 8 heteroatoms. The summed E-state index contributed by atoms with van der Waals surface area (Å²) >= 11 is 6.06. The first-order chi connectivity index (χ1) is 11.4. The molecule has 7 nitrogen and oxygen atoms in total. The molecule has 0 saturated heterocycles. The first kappa shape index (κ1) is 17.7. The summed E-state index contributed by atoms with van der Waals surface area (Å²) in [6.45, 7) is 1.69. The lowest BCUT2D eigenvalue weighted by Crippen LogP contribution is -2.24. The Hall–Kier alpha value is -2.67. The number of carbonyl (C=O) groups excluding carboxylic acids is 2. The quantitative estimate of drug-likeness (QED) is 0.885.